The first-order valence-corrected chi connectivity index (χ1v) is 6.18. The van der Waals surface area contributed by atoms with E-state index in [1.165, 1.54) is 23.1 Å². The molecule has 1 fully saturated rings. The van der Waals surface area contributed by atoms with Crippen molar-refractivity contribution in [3.05, 3.63) is 6.20 Å². The summed E-state index contributed by atoms with van der Waals surface area (Å²) < 4.78 is 1.01. The van der Waals surface area contributed by atoms with Crippen LogP contribution in [0.1, 0.15) is 6.42 Å². The number of anilines is 1. The molecule has 76 valence electrons. The molecule has 0 aromatic carbocycles. The molecule has 0 bridgehead atoms. The maximum atomic E-state index is 11.5. The second-order valence-electron chi connectivity index (χ2n) is 3.04. The summed E-state index contributed by atoms with van der Waals surface area (Å²) in [6.07, 6.45) is 2.86. The largest absolute Gasteiger partial charge is 0.375 e. The van der Waals surface area contributed by atoms with Crippen LogP contribution in [0.3, 0.4) is 0 Å². The second kappa shape index (κ2) is 4.18. The van der Waals surface area contributed by atoms with Gasteiger partial charge in [-0.15, -0.1) is 11.8 Å². The van der Waals surface area contributed by atoms with Gasteiger partial charge in [-0.1, -0.05) is 11.3 Å². The number of nitrogens with two attached hydrogens (primary N) is 1. The number of carbonyl (C=O) groups is 1. The number of amides is 1. The van der Waals surface area contributed by atoms with E-state index in [-0.39, 0.29) is 5.91 Å². The molecule has 14 heavy (non-hydrogen) atoms. The highest BCUT2D eigenvalue weighted by molar-refractivity contribution is 8.01. The van der Waals surface area contributed by atoms with Crippen molar-refractivity contribution < 1.29 is 4.79 Å². The maximum Gasteiger partial charge on any atom is 0.232 e. The molecule has 2 N–H and O–H groups in total. The minimum atomic E-state index is 0.216. The third kappa shape index (κ3) is 2.19. The lowest BCUT2D eigenvalue weighted by Crippen LogP contribution is -2.42. The summed E-state index contributed by atoms with van der Waals surface area (Å²) in [6.45, 7) is 1.84. The number of nitrogen functional groups attached to an aromatic ring is 1. The second-order valence-corrected chi connectivity index (χ2v) is 5.38. The molecule has 6 heteroatoms. The Morgan fingerprint density at radius 2 is 2.50 bits per heavy atom. The van der Waals surface area contributed by atoms with Gasteiger partial charge in [0.05, 0.1) is 16.2 Å². The molecule has 1 saturated heterocycles. The Hall–Kier alpha value is -0.750. The number of hydrogen-bond donors (Lipinski definition) is 1. The summed E-state index contributed by atoms with van der Waals surface area (Å²) in [4.78, 5) is 17.3. The molecule has 0 saturated carbocycles. The van der Waals surface area contributed by atoms with Crippen molar-refractivity contribution in [2.24, 2.45) is 0 Å². The van der Waals surface area contributed by atoms with Crippen molar-refractivity contribution in [2.75, 3.05) is 24.6 Å². The summed E-state index contributed by atoms with van der Waals surface area (Å²) in [7, 11) is 0. The molecule has 0 aliphatic carbocycles. The molecule has 2 rings (SSSR count). The van der Waals surface area contributed by atoms with Gasteiger partial charge >= 0.3 is 0 Å². The van der Waals surface area contributed by atoms with Crippen LogP contribution in [-0.2, 0) is 4.79 Å². The fourth-order valence-electron chi connectivity index (χ4n) is 1.13. The molecule has 2 heterocycles. The zero-order valence-electron chi connectivity index (χ0n) is 7.60. The maximum absolute atomic E-state index is 11.5. The summed E-state index contributed by atoms with van der Waals surface area (Å²) >= 11 is 2.94. The zero-order valence-corrected chi connectivity index (χ0v) is 9.24. The van der Waals surface area contributed by atoms with Crippen molar-refractivity contribution in [3.8, 4) is 0 Å². The van der Waals surface area contributed by atoms with Crippen LogP contribution in [0.25, 0.3) is 0 Å². The number of thiazole rings is 1. The highest BCUT2D eigenvalue weighted by Crippen LogP contribution is 2.26. The first-order valence-electron chi connectivity index (χ1n) is 4.37. The average molecular weight is 229 g/mol. The Morgan fingerprint density at radius 3 is 3.00 bits per heavy atom. The number of hydrogen-bond acceptors (Lipinski definition) is 5. The van der Waals surface area contributed by atoms with Crippen LogP contribution in [0.2, 0.25) is 0 Å². The molecule has 0 radical (unpaired) electrons. The fraction of sp³-hybridized carbons (Fsp3) is 0.500. The van der Waals surface area contributed by atoms with Crippen molar-refractivity contribution in [3.63, 3.8) is 0 Å². The standard InChI is InChI=1S/C8H11N3OS2/c9-8-10-4-7(14-8)13-5-6(12)11-2-1-3-11/h4H,1-3,5H2,(H2,9,10). The van der Waals surface area contributed by atoms with E-state index in [1.54, 1.807) is 6.20 Å². The van der Waals surface area contributed by atoms with Gasteiger partial charge in [-0.2, -0.15) is 0 Å². The van der Waals surface area contributed by atoms with Gasteiger partial charge in [0.25, 0.3) is 0 Å². The van der Waals surface area contributed by atoms with Crippen molar-refractivity contribution in [1.29, 1.82) is 0 Å². The van der Waals surface area contributed by atoms with Crippen LogP contribution < -0.4 is 5.73 Å². The SMILES string of the molecule is Nc1ncc(SCC(=O)N2CCC2)s1. The van der Waals surface area contributed by atoms with Gasteiger partial charge in [0.2, 0.25) is 5.91 Å². The van der Waals surface area contributed by atoms with E-state index in [9.17, 15) is 4.79 Å². The molecular formula is C8H11N3OS2. The van der Waals surface area contributed by atoms with Crippen LogP contribution >= 0.6 is 23.1 Å². The lowest BCUT2D eigenvalue weighted by molar-refractivity contribution is -0.131. The van der Waals surface area contributed by atoms with Gasteiger partial charge < -0.3 is 10.6 Å². The Balaban J connectivity index is 1.79. The fourth-order valence-corrected chi connectivity index (χ4v) is 2.79. The molecule has 0 unspecified atom stereocenters. The number of carbonyl (C=O) groups excluding carboxylic acids is 1. The van der Waals surface area contributed by atoms with E-state index in [4.69, 9.17) is 5.73 Å². The third-order valence-corrected chi connectivity index (χ3v) is 4.05. The molecule has 0 spiro atoms. The molecule has 1 aliphatic heterocycles. The molecule has 1 aromatic rings. The van der Waals surface area contributed by atoms with E-state index in [1.807, 2.05) is 4.90 Å². The lowest BCUT2D eigenvalue weighted by atomic mass is 10.2. The normalized spacial score (nSPS) is 15.3. The van der Waals surface area contributed by atoms with Crippen molar-refractivity contribution in [1.82, 2.24) is 9.88 Å². The van der Waals surface area contributed by atoms with Crippen LogP contribution in [0.15, 0.2) is 10.4 Å². The number of aromatic nitrogens is 1. The van der Waals surface area contributed by atoms with E-state index < -0.39 is 0 Å². The first kappa shape index (κ1) is 9.79. The quantitative estimate of drug-likeness (QED) is 0.787. The number of likely N-dealkylation sites (tertiary alicyclic amines) is 1. The Morgan fingerprint density at radius 1 is 1.71 bits per heavy atom. The number of thioether (sulfide) groups is 1. The van der Waals surface area contributed by atoms with E-state index >= 15 is 0 Å². The van der Waals surface area contributed by atoms with Crippen molar-refractivity contribution >= 4 is 34.1 Å². The summed E-state index contributed by atoms with van der Waals surface area (Å²) in [5, 5.41) is 0.559. The Kier molecular flexibility index (Phi) is 2.93. The van der Waals surface area contributed by atoms with Crippen LogP contribution in [0, 0.1) is 0 Å². The smallest absolute Gasteiger partial charge is 0.232 e. The molecule has 1 aliphatic rings. The monoisotopic (exact) mass is 229 g/mol. The van der Waals surface area contributed by atoms with Gasteiger partial charge in [-0.3, -0.25) is 4.79 Å². The third-order valence-electron chi connectivity index (χ3n) is 2.05. The molecular weight excluding hydrogens is 218 g/mol. The van der Waals surface area contributed by atoms with Gasteiger partial charge in [-0.05, 0) is 6.42 Å². The summed E-state index contributed by atoms with van der Waals surface area (Å²) in [5.41, 5.74) is 5.48. The van der Waals surface area contributed by atoms with Gasteiger partial charge in [0, 0.05) is 13.1 Å². The highest BCUT2D eigenvalue weighted by Gasteiger charge is 2.19. The van der Waals surface area contributed by atoms with E-state index in [0.717, 1.165) is 23.7 Å². The zero-order chi connectivity index (χ0) is 9.97. The van der Waals surface area contributed by atoms with Crippen molar-refractivity contribution in [2.45, 2.75) is 10.6 Å². The van der Waals surface area contributed by atoms with Gasteiger partial charge in [-0.25, -0.2) is 4.98 Å². The topological polar surface area (TPSA) is 59.2 Å². The molecule has 0 atom stereocenters. The molecule has 1 aromatic heterocycles. The number of nitrogens with zero attached hydrogens (tertiary/aromatic N) is 2. The van der Waals surface area contributed by atoms with E-state index in [0.29, 0.717) is 10.9 Å². The first-order chi connectivity index (χ1) is 6.75. The highest BCUT2D eigenvalue weighted by atomic mass is 32.2. The van der Waals surface area contributed by atoms with Crippen LogP contribution in [0.5, 0.6) is 0 Å². The summed E-state index contributed by atoms with van der Waals surface area (Å²) in [5.74, 6) is 0.718. The Labute approximate surface area is 90.5 Å². The lowest BCUT2D eigenvalue weighted by Gasteiger charge is -2.30. The molecule has 4 nitrogen and oxygen atoms in total. The van der Waals surface area contributed by atoms with E-state index in [2.05, 4.69) is 4.98 Å². The minimum Gasteiger partial charge on any atom is -0.375 e. The predicted octanol–water partition coefficient (Wildman–Crippen LogP) is 1.05. The average Bonchev–Trinajstić information content (AvgIpc) is 2.45. The number of rotatable bonds is 3. The van der Waals surface area contributed by atoms with Gasteiger partial charge in [0.15, 0.2) is 5.13 Å². The summed E-state index contributed by atoms with van der Waals surface area (Å²) in [6, 6.07) is 0. The molecule has 1 amide bonds. The minimum absolute atomic E-state index is 0.216. The Bertz CT molecular complexity index is 335. The van der Waals surface area contributed by atoms with Gasteiger partial charge in [0.1, 0.15) is 0 Å². The van der Waals surface area contributed by atoms with Crippen LogP contribution in [-0.4, -0.2) is 34.6 Å². The van der Waals surface area contributed by atoms with Crippen LogP contribution in [0.4, 0.5) is 5.13 Å². The predicted molar refractivity (Wildman–Crippen MR) is 58.4 cm³/mol.